The monoisotopic (exact) mass is 545 g/mol. The number of aliphatic hydroxyl groups is 1. The summed E-state index contributed by atoms with van der Waals surface area (Å²) in [4.78, 5) is 38.1. The molecular formula is C28H40FN5O3S. The van der Waals surface area contributed by atoms with Crippen molar-refractivity contribution in [3.05, 3.63) is 28.5 Å². The van der Waals surface area contributed by atoms with E-state index in [4.69, 9.17) is 0 Å². The topological polar surface area (TPSA) is 107 Å². The van der Waals surface area contributed by atoms with Gasteiger partial charge in [-0.1, -0.05) is 12.8 Å². The summed E-state index contributed by atoms with van der Waals surface area (Å²) in [6.45, 7) is 9.53. The van der Waals surface area contributed by atoms with E-state index in [0.29, 0.717) is 29.2 Å². The molecule has 2 fully saturated rings. The van der Waals surface area contributed by atoms with Gasteiger partial charge < -0.3 is 20.6 Å². The molecule has 2 aromatic heterocycles. The summed E-state index contributed by atoms with van der Waals surface area (Å²) >= 11 is 1.15. The van der Waals surface area contributed by atoms with Crippen LogP contribution in [0.5, 0.6) is 0 Å². The number of alkyl halides is 1. The summed E-state index contributed by atoms with van der Waals surface area (Å²) in [7, 11) is 0. The van der Waals surface area contributed by atoms with Crippen LogP contribution in [0.3, 0.4) is 0 Å². The van der Waals surface area contributed by atoms with Crippen LogP contribution in [0, 0.1) is 6.92 Å². The van der Waals surface area contributed by atoms with Gasteiger partial charge in [0.1, 0.15) is 17.2 Å². The molecule has 0 spiro atoms. The maximum atomic E-state index is 15.0. The smallest absolute Gasteiger partial charge is 0.280 e. The molecule has 1 aliphatic heterocycles. The minimum atomic E-state index is -1.29. The van der Waals surface area contributed by atoms with Crippen LogP contribution in [-0.4, -0.2) is 68.2 Å². The molecule has 1 saturated heterocycles. The Labute approximate surface area is 228 Å². The molecule has 8 nitrogen and oxygen atoms in total. The van der Waals surface area contributed by atoms with Crippen LogP contribution in [-0.2, 0) is 0 Å². The van der Waals surface area contributed by atoms with E-state index >= 15 is 4.39 Å². The Morgan fingerprint density at radius 1 is 1.26 bits per heavy atom. The second-order valence-corrected chi connectivity index (χ2v) is 12.6. The van der Waals surface area contributed by atoms with Gasteiger partial charge in [-0.3, -0.25) is 9.59 Å². The number of halogens is 1. The third-order valence-electron chi connectivity index (χ3n) is 7.58. The lowest BCUT2D eigenvalue weighted by molar-refractivity contribution is 0.0630. The predicted molar refractivity (Wildman–Crippen MR) is 148 cm³/mol. The van der Waals surface area contributed by atoms with Crippen molar-refractivity contribution in [3.8, 4) is 10.4 Å². The van der Waals surface area contributed by atoms with Crippen molar-refractivity contribution in [1.82, 2.24) is 20.2 Å². The van der Waals surface area contributed by atoms with Crippen molar-refractivity contribution in [3.63, 3.8) is 0 Å². The lowest BCUT2D eigenvalue weighted by Crippen LogP contribution is -2.43. The molecule has 0 radical (unpaired) electrons. The van der Waals surface area contributed by atoms with Crippen LogP contribution < -0.4 is 10.6 Å². The van der Waals surface area contributed by atoms with E-state index in [-0.39, 0.29) is 35.2 Å². The number of aryl methyl sites for hydroxylation is 1. The number of nitrogens with one attached hydrogen (secondary N) is 2. The molecule has 10 heteroatoms. The number of piperidine rings is 1. The zero-order valence-corrected chi connectivity index (χ0v) is 23.9. The van der Waals surface area contributed by atoms with E-state index in [2.05, 4.69) is 20.6 Å². The van der Waals surface area contributed by atoms with Crippen molar-refractivity contribution in [2.24, 2.45) is 0 Å². The number of thiazole rings is 1. The SMILES string of the molecule is Cc1cc(N[C@@H]2CCCCC2(C)F)ncc1-c1sc(C(=O)NCC(C)(C)O)nc1C(=O)N1CCCC[C@@H]1C. The van der Waals surface area contributed by atoms with Crippen molar-refractivity contribution in [2.75, 3.05) is 18.4 Å². The van der Waals surface area contributed by atoms with E-state index < -0.39 is 17.2 Å². The van der Waals surface area contributed by atoms with Gasteiger partial charge in [-0.2, -0.15) is 0 Å². The Morgan fingerprint density at radius 2 is 2.00 bits per heavy atom. The van der Waals surface area contributed by atoms with E-state index in [0.717, 1.165) is 55.4 Å². The molecule has 3 heterocycles. The van der Waals surface area contributed by atoms with Crippen LogP contribution in [0.15, 0.2) is 12.3 Å². The molecule has 3 atom stereocenters. The minimum Gasteiger partial charge on any atom is -0.389 e. The maximum absolute atomic E-state index is 15.0. The number of amides is 2. The number of rotatable bonds is 7. The number of hydrogen-bond donors (Lipinski definition) is 3. The third kappa shape index (κ3) is 6.51. The van der Waals surface area contributed by atoms with Gasteiger partial charge in [0.05, 0.1) is 16.5 Å². The lowest BCUT2D eigenvalue weighted by Gasteiger charge is -2.35. The third-order valence-corrected chi connectivity index (χ3v) is 8.67. The van der Waals surface area contributed by atoms with Crippen molar-refractivity contribution in [2.45, 2.75) is 103 Å². The highest BCUT2D eigenvalue weighted by Crippen LogP contribution is 2.37. The predicted octanol–water partition coefficient (Wildman–Crippen LogP) is 5.11. The second-order valence-electron chi connectivity index (χ2n) is 11.6. The van der Waals surface area contributed by atoms with Gasteiger partial charge in [0.25, 0.3) is 11.8 Å². The normalized spacial score (nSPS) is 24.2. The fourth-order valence-corrected chi connectivity index (χ4v) is 6.27. The van der Waals surface area contributed by atoms with Gasteiger partial charge in [-0.05, 0) is 78.4 Å². The average molecular weight is 546 g/mol. The molecule has 208 valence electrons. The average Bonchev–Trinajstić information content (AvgIpc) is 3.28. The van der Waals surface area contributed by atoms with Crippen LogP contribution in [0.4, 0.5) is 10.2 Å². The Hall–Kier alpha value is -2.59. The van der Waals surface area contributed by atoms with Crippen molar-refractivity contribution < 1.29 is 19.1 Å². The van der Waals surface area contributed by atoms with Gasteiger partial charge in [0.15, 0.2) is 5.01 Å². The first-order valence-corrected chi connectivity index (χ1v) is 14.4. The molecule has 38 heavy (non-hydrogen) atoms. The number of hydrogen-bond acceptors (Lipinski definition) is 7. The Bertz CT molecular complexity index is 1180. The zero-order chi connectivity index (χ0) is 27.7. The summed E-state index contributed by atoms with van der Waals surface area (Å²) in [5, 5.41) is 16.2. The van der Waals surface area contributed by atoms with Gasteiger partial charge in [-0.15, -0.1) is 11.3 Å². The fraction of sp³-hybridized carbons (Fsp3) is 0.643. The van der Waals surface area contributed by atoms with Crippen LogP contribution in [0.25, 0.3) is 10.4 Å². The summed E-state index contributed by atoms with van der Waals surface area (Å²) in [6, 6.07) is 1.65. The van der Waals surface area contributed by atoms with E-state index in [1.165, 1.54) is 0 Å². The lowest BCUT2D eigenvalue weighted by atomic mass is 9.83. The molecule has 2 amide bonds. The standard InChI is InChI=1S/C28H40FN5O3S/c1-17-14-21(32-20-11-6-8-12-28(20,5)29)30-15-19(17)23-22(26(36)34-13-9-7-10-18(34)2)33-25(38-23)24(35)31-16-27(3,4)37/h14-15,18,20,37H,6-13,16H2,1-5H3,(H,30,32)(H,31,35)/t18-,20+,28?/m0/s1. The number of aromatic nitrogens is 2. The van der Waals surface area contributed by atoms with Gasteiger partial charge >= 0.3 is 0 Å². The Morgan fingerprint density at radius 3 is 2.66 bits per heavy atom. The molecule has 0 bridgehead atoms. The first-order chi connectivity index (χ1) is 17.9. The van der Waals surface area contributed by atoms with Gasteiger partial charge in [0.2, 0.25) is 0 Å². The van der Waals surface area contributed by atoms with E-state index in [1.807, 2.05) is 24.8 Å². The Kier molecular flexibility index (Phi) is 8.42. The van der Waals surface area contributed by atoms with Crippen LogP contribution in [0.1, 0.15) is 98.5 Å². The summed E-state index contributed by atoms with van der Waals surface area (Å²) < 4.78 is 15.0. The minimum absolute atomic E-state index is 0.0583. The second kappa shape index (κ2) is 11.3. The quantitative estimate of drug-likeness (QED) is 0.446. The molecule has 2 aliphatic rings. The van der Waals surface area contributed by atoms with E-state index in [1.54, 1.807) is 27.0 Å². The largest absolute Gasteiger partial charge is 0.389 e. The summed E-state index contributed by atoms with van der Waals surface area (Å²) in [5.74, 6) is -0.0400. The van der Waals surface area contributed by atoms with Crippen LogP contribution in [0.2, 0.25) is 0 Å². The molecule has 3 N–H and O–H groups in total. The molecule has 2 aromatic rings. The number of anilines is 1. The number of carbonyl (C=O) groups excluding carboxylic acids is 2. The number of likely N-dealkylation sites (tertiary alicyclic amines) is 1. The zero-order valence-electron chi connectivity index (χ0n) is 23.1. The van der Waals surface area contributed by atoms with Crippen molar-refractivity contribution >= 4 is 29.0 Å². The highest BCUT2D eigenvalue weighted by atomic mass is 32.1. The first kappa shape index (κ1) is 28.4. The fourth-order valence-electron chi connectivity index (χ4n) is 5.22. The molecule has 1 unspecified atom stereocenters. The van der Waals surface area contributed by atoms with Crippen molar-refractivity contribution in [1.29, 1.82) is 0 Å². The van der Waals surface area contributed by atoms with Gasteiger partial charge in [0, 0.05) is 30.9 Å². The molecular weight excluding hydrogens is 505 g/mol. The summed E-state index contributed by atoms with van der Waals surface area (Å²) in [5.41, 5.74) is -0.553. The highest BCUT2D eigenvalue weighted by molar-refractivity contribution is 7.17. The molecule has 0 aromatic carbocycles. The number of nitrogens with zero attached hydrogens (tertiary/aromatic N) is 3. The van der Waals surface area contributed by atoms with Crippen LogP contribution >= 0.6 is 11.3 Å². The summed E-state index contributed by atoms with van der Waals surface area (Å²) in [6.07, 6.45) is 7.77. The molecule has 1 saturated carbocycles. The number of carbonyl (C=O) groups is 2. The number of pyridine rings is 1. The van der Waals surface area contributed by atoms with E-state index in [9.17, 15) is 14.7 Å². The highest BCUT2D eigenvalue weighted by Gasteiger charge is 2.37. The van der Waals surface area contributed by atoms with Gasteiger partial charge in [-0.25, -0.2) is 14.4 Å². The molecule has 4 rings (SSSR count). The molecule has 1 aliphatic carbocycles. The first-order valence-electron chi connectivity index (χ1n) is 13.6. The maximum Gasteiger partial charge on any atom is 0.280 e. The Balaban J connectivity index is 1.66.